The number of hydrogen-bond acceptors (Lipinski definition) is 5. The summed E-state index contributed by atoms with van der Waals surface area (Å²) < 4.78 is 6.00. The molecule has 4 aromatic rings. The van der Waals surface area contributed by atoms with Crippen LogP contribution in [0, 0.1) is 5.92 Å². The van der Waals surface area contributed by atoms with Gasteiger partial charge in [-0.3, -0.25) is 14.4 Å². The third kappa shape index (κ3) is 3.73. The fourth-order valence-electron chi connectivity index (χ4n) is 6.95. The molecule has 0 unspecified atom stereocenters. The van der Waals surface area contributed by atoms with E-state index in [-0.39, 0.29) is 17.5 Å². The number of amides is 1. The number of nitrogens with one attached hydrogen (secondary N) is 1. The van der Waals surface area contributed by atoms with Gasteiger partial charge in [0.2, 0.25) is 5.91 Å². The zero-order chi connectivity index (χ0) is 29.2. The minimum absolute atomic E-state index is 0.270. The van der Waals surface area contributed by atoms with Gasteiger partial charge in [-0.15, -0.1) is 0 Å². The van der Waals surface area contributed by atoms with Crippen molar-refractivity contribution in [3.8, 4) is 5.75 Å². The Morgan fingerprint density at radius 2 is 1.64 bits per heavy atom. The van der Waals surface area contributed by atoms with Crippen molar-refractivity contribution in [1.29, 1.82) is 0 Å². The number of fused-ring (bicyclic) bond motifs is 6. The van der Waals surface area contributed by atoms with Gasteiger partial charge in [0.15, 0.2) is 11.6 Å². The summed E-state index contributed by atoms with van der Waals surface area (Å²) in [5, 5.41) is 3.55. The Morgan fingerprint density at radius 1 is 0.929 bits per heavy atom. The molecule has 4 aromatic carbocycles. The topological polar surface area (TPSA) is 75.7 Å². The third-order valence-corrected chi connectivity index (χ3v) is 9.56. The molecule has 0 aliphatic carbocycles. The fraction of sp³-hybridized carbons (Fsp3) is 0.147. The van der Waals surface area contributed by atoms with Crippen molar-refractivity contribution >= 4 is 56.8 Å². The second kappa shape index (κ2) is 9.96. The van der Waals surface area contributed by atoms with E-state index in [4.69, 9.17) is 16.3 Å². The molecule has 3 heterocycles. The number of anilines is 1. The first-order chi connectivity index (χ1) is 20.4. The summed E-state index contributed by atoms with van der Waals surface area (Å²) in [4.78, 5) is 45.9. The first kappa shape index (κ1) is 26.7. The van der Waals surface area contributed by atoms with E-state index in [1.165, 1.54) is 0 Å². The lowest BCUT2D eigenvalue weighted by molar-refractivity contribution is -0.122. The smallest absolute Gasteiger partial charge is 0.238 e. The van der Waals surface area contributed by atoms with Gasteiger partial charge in [-0.2, -0.15) is 0 Å². The van der Waals surface area contributed by atoms with Crippen molar-refractivity contribution in [1.82, 2.24) is 4.90 Å². The molecule has 3 aliphatic rings. The van der Waals surface area contributed by atoms with Crippen LogP contribution < -0.4 is 10.1 Å². The second-order valence-corrected chi connectivity index (χ2v) is 12.0. The lowest BCUT2D eigenvalue weighted by Gasteiger charge is -2.38. The van der Waals surface area contributed by atoms with E-state index in [1.807, 2.05) is 65.7 Å². The number of ketones is 2. The maximum absolute atomic E-state index is 14.8. The number of carbonyl (C=O) groups excluding carboxylic acids is 3. The standard InChI is InChI=1S/C34H24BrClN2O4/c1-42-27-15-12-21(18-25(27)35)31(40)29-28(30(39)20-10-13-22(36)14-11-20)34(24-8-4-5-9-26(24)37-33(34)41)32-23-7-3-2-6-19(23)16-17-38(29)32/h2-18,28-29,32H,1H3,(H,37,41)/t28-,29+,32-,34+/m1/s1. The molecule has 0 radical (unpaired) electrons. The molecule has 1 N–H and O–H groups in total. The lowest BCUT2D eigenvalue weighted by Crippen LogP contribution is -2.49. The van der Waals surface area contributed by atoms with Gasteiger partial charge in [0.1, 0.15) is 17.2 Å². The zero-order valence-corrected chi connectivity index (χ0v) is 24.7. The lowest BCUT2D eigenvalue weighted by atomic mass is 9.62. The van der Waals surface area contributed by atoms with Crippen LogP contribution in [0.5, 0.6) is 5.75 Å². The summed E-state index contributed by atoms with van der Waals surface area (Å²) in [5.74, 6) is -1.35. The van der Waals surface area contributed by atoms with Crippen molar-refractivity contribution in [3.05, 3.63) is 135 Å². The minimum atomic E-state index is -1.39. The molecule has 8 heteroatoms. The van der Waals surface area contributed by atoms with Crippen LogP contribution in [0.1, 0.15) is 43.4 Å². The molecule has 0 saturated carbocycles. The molecule has 0 aromatic heterocycles. The minimum Gasteiger partial charge on any atom is -0.496 e. The second-order valence-electron chi connectivity index (χ2n) is 10.7. The van der Waals surface area contributed by atoms with E-state index < -0.39 is 23.4 Å². The molecule has 42 heavy (non-hydrogen) atoms. The van der Waals surface area contributed by atoms with Crippen LogP contribution >= 0.6 is 27.5 Å². The summed E-state index contributed by atoms with van der Waals surface area (Å²) in [7, 11) is 1.56. The van der Waals surface area contributed by atoms with E-state index in [1.54, 1.807) is 49.6 Å². The number of methoxy groups -OCH3 is 1. The molecule has 7 rings (SSSR count). The first-order valence-corrected chi connectivity index (χ1v) is 14.7. The van der Waals surface area contributed by atoms with Crippen LogP contribution in [-0.4, -0.2) is 35.5 Å². The number of hydrogen-bond donors (Lipinski definition) is 1. The highest BCUT2D eigenvalue weighted by molar-refractivity contribution is 9.10. The number of rotatable bonds is 5. The molecule has 208 valence electrons. The van der Waals surface area contributed by atoms with Crippen molar-refractivity contribution in [3.63, 3.8) is 0 Å². The molecule has 1 amide bonds. The Morgan fingerprint density at radius 3 is 2.40 bits per heavy atom. The van der Waals surface area contributed by atoms with Crippen molar-refractivity contribution in [2.45, 2.75) is 17.5 Å². The van der Waals surface area contributed by atoms with E-state index >= 15 is 0 Å². The number of para-hydroxylation sites is 1. The molecule has 6 nitrogen and oxygen atoms in total. The molecule has 0 bridgehead atoms. The Hall–Kier alpha value is -4.20. The first-order valence-electron chi connectivity index (χ1n) is 13.5. The summed E-state index contributed by atoms with van der Waals surface area (Å²) >= 11 is 9.68. The van der Waals surface area contributed by atoms with Gasteiger partial charge in [0.25, 0.3) is 0 Å². The number of halogens is 2. The molecule has 1 spiro atoms. The van der Waals surface area contributed by atoms with Crippen LogP contribution in [0.15, 0.2) is 102 Å². The van der Waals surface area contributed by atoms with Gasteiger partial charge in [-0.05, 0) is 87.2 Å². The normalized spacial score (nSPS) is 23.3. The monoisotopic (exact) mass is 638 g/mol. The van der Waals surface area contributed by atoms with Crippen LogP contribution in [0.25, 0.3) is 6.08 Å². The number of carbonyl (C=O) groups is 3. The highest BCUT2D eigenvalue weighted by Crippen LogP contribution is 2.62. The Kier molecular flexibility index (Phi) is 6.33. The van der Waals surface area contributed by atoms with E-state index in [0.717, 1.165) is 11.1 Å². The van der Waals surface area contributed by atoms with Crippen LogP contribution in [0.4, 0.5) is 5.69 Å². The highest BCUT2D eigenvalue weighted by atomic mass is 79.9. The van der Waals surface area contributed by atoms with Gasteiger partial charge in [0, 0.05) is 28.0 Å². The SMILES string of the molecule is COc1ccc(C(=O)[C@@H]2[C@H](C(=O)c3ccc(Cl)cc3)[C@]3(C(=O)Nc4ccccc43)[C@H]3c4ccccc4C=CN23)cc1Br. The molecule has 1 fully saturated rings. The van der Waals surface area contributed by atoms with Gasteiger partial charge >= 0.3 is 0 Å². The Labute approximate surface area is 256 Å². The maximum atomic E-state index is 14.8. The van der Waals surface area contributed by atoms with Gasteiger partial charge in [-0.25, -0.2) is 0 Å². The van der Waals surface area contributed by atoms with Crippen molar-refractivity contribution in [2.75, 3.05) is 12.4 Å². The predicted molar refractivity (Wildman–Crippen MR) is 165 cm³/mol. The average molecular weight is 640 g/mol. The quantitative estimate of drug-likeness (QED) is 0.236. The maximum Gasteiger partial charge on any atom is 0.238 e. The van der Waals surface area contributed by atoms with Gasteiger partial charge in [-0.1, -0.05) is 54.1 Å². The Bertz CT molecular complexity index is 1820. The fourth-order valence-corrected chi connectivity index (χ4v) is 7.62. The summed E-state index contributed by atoms with van der Waals surface area (Å²) in [5.41, 5.74) is 2.55. The van der Waals surface area contributed by atoms with Crippen LogP contribution in [0.2, 0.25) is 5.02 Å². The van der Waals surface area contributed by atoms with Gasteiger partial charge < -0.3 is 15.0 Å². The molecular formula is C34H24BrClN2O4. The summed E-state index contributed by atoms with van der Waals surface area (Å²) in [6, 6.07) is 25.4. The molecule has 4 atom stereocenters. The molecular weight excluding hydrogens is 616 g/mol. The van der Waals surface area contributed by atoms with Gasteiger partial charge in [0.05, 0.1) is 23.5 Å². The summed E-state index contributed by atoms with van der Waals surface area (Å²) in [6.07, 6.45) is 3.80. The molecule has 3 aliphatic heterocycles. The van der Waals surface area contributed by atoms with Crippen molar-refractivity contribution in [2.24, 2.45) is 5.92 Å². The number of ether oxygens (including phenoxy) is 1. The number of benzene rings is 4. The zero-order valence-electron chi connectivity index (χ0n) is 22.4. The predicted octanol–water partition coefficient (Wildman–Crippen LogP) is 7.09. The van der Waals surface area contributed by atoms with Crippen LogP contribution in [-0.2, 0) is 10.2 Å². The van der Waals surface area contributed by atoms with E-state index in [2.05, 4.69) is 21.2 Å². The number of Topliss-reactive ketones (excluding diaryl/α,β-unsaturated/α-hetero) is 2. The summed E-state index contributed by atoms with van der Waals surface area (Å²) in [6.45, 7) is 0. The van der Waals surface area contributed by atoms with Crippen LogP contribution in [0.3, 0.4) is 0 Å². The number of nitrogens with zero attached hydrogens (tertiary/aromatic N) is 1. The highest BCUT2D eigenvalue weighted by Gasteiger charge is 2.70. The van der Waals surface area contributed by atoms with E-state index in [9.17, 15) is 14.4 Å². The molecule has 1 saturated heterocycles. The van der Waals surface area contributed by atoms with E-state index in [0.29, 0.717) is 37.6 Å². The largest absolute Gasteiger partial charge is 0.496 e. The van der Waals surface area contributed by atoms with Crippen molar-refractivity contribution < 1.29 is 19.1 Å². The third-order valence-electron chi connectivity index (χ3n) is 8.69. The Balaban J connectivity index is 1.52. The average Bonchev–Trinajstić information content (AvgIpc) is 3.49.